The lowest BCUT2D eigenvalue weighted by atomic mass is 10.0. The number of carbonyl (C=O) groups excluding carboxylic acids is 3. The molecule has 1 unspecified atom stereocenters. The molecule has 1 atom stereocenters. The largest absolute Gasteiger partial charge is 0.343 e. The molecule has 0 fully saturated rings. The monoisotopic (exact) mass is 426 g/mol. The average molecular weight is 426 g/mol. The van der Waals surface area contributed by atoms with E-state index in [-0.39, 0.29) is 24.8 Å². The fourth-order valence-corrected chi connectivity index (χ4v) is 3.53. The van der Waals surface area contributed by atoms with E-state index in [0.29, 0.717) is 11.1 Å². The van der Waals surface area contributed by atoms with Gasteiger partial charge in [-0.25, -0.2) is 4.98 Å². The predicted molar refractivity (Wildman–Crippen MR) is 121 cm³/mol. The molecule has 7 heteroatoms. The number of benzene rings is 3. The van der Waals surface area contributed by atoms with Crippen LogP contribution in [-0.4, -0.2) is 39.7 Å². The van der Waals surface area contributed by atoms with Crippen LogP contribution in [0.3, 0.4) is 0 Å². The van der Waals surface area contributed by atoms with Crippen LogP contribution in [0.1, 0.15) is 20.7 Å². The highest BCUT2D eigenvalue weighted by molar-refractivity contribution is 6.08. The van der Waals surface area contributed by atoms with Crippen molar-refractivity contribution in [3.05, 3.63) is 103 Å². The van der Waals surface area contributed by atoms with E-state index < -0.39 is 11.9 Å². The van der Waals surface area contributed by atoms with Crippen molar-refractivity contribution in [2.24, 2.45) is 0 Å². The van der Waals surface area contributed by atoms with Crippen LogP contribution in [0.25, 0.3) is 10.8 Å². The second kappa shape index (κ2) is 9.70. The zero-order valence-electron chi connectivity index (χ0n) is 17.3. The van der Waals surface area contributed by atoms with Gasteiger partial charge in [0.2, 0.25) is 5.91 Å². The van der Waals surface area contributed by atoms with Crippen molar-refractivity contribution in [2.75, 3.05) is 6.54 Å². The summed E-state index contributed by atoms with van der Waals surface area (Å²) in [7, 11) is 0. The van der Waals surface area contributed by atoms with Crippen molar-refractivity contribution in [3.8, 4) is 0 Å². The first-order chi connectivity index (χ1) is 15.6. The molecule has 2 N–H and O–H groups in total. The molecule has 0 saturated heterocycles. The molecular formula is C25H22N4O3. The van der Waals surface area contributed by atoms with Crippen molar-refractivity contribution in [2.45, 2.75) is 12.6 Å². The molecule has 0 bridgehead atoms. The topological polar surface area (TPSA) is 93.1 Å². The van der Waals surface area contributed by atoms with Crippen LogP contribution in [0.2, 0.25) is 0 Å². The van der Waals surface area contributed by atoms with Gasteiger partial charge in [0.25, 0.3) is 5.91 Å². The van der Waals surface area contributed by atoms with Gasteiger partial charge in [-0.15, -0.1) is 0 Å². The Hall–Kier alpha value is -4.26. The molecule has 160 valence electrons. The van der Waals surface area contributed by atoms with Crippen molar-refractivity contribution < 1.29 is 14.4 Å². The van der Waals surface area contributed by atoms with Crippen molar-refractivity contribution in [3.63, 3.8) is 0 Å². The van der Waals surface area contributed by atoms with Gasteiger partial charge in [-0.1, -0.05) is 66.7 Å². The normalized spacial score (nSPS) is 11.6. The quantitative estimate of drug-likeness (QED) is 0.424. The predicted octanol–water partition coefficient (Wildman–Crippen LogP) is 2.83. The van der Waals surface area contributed by atoms with Crippen LogP contribution in [0.4, 0.5) is 0 Å². The molecule has 1 heterocycles. The highest BCUT2D eigenvalue weighted by Crippen LogP contribution is 2.18. The minimum Gasteiger partial charge on any atom is -0.343 e. The van der Waals surface area contributed by atoms with Crippen molar-refractivity contribution in [1.82, 2.24) is 20.2 Å². The number of Topliss-reactive ketones (excluding diaryl/α,β-unsaturated/α-hetero) is 1. The molecule has 7 nitrogen and oxygen atoms in total. The van der Waals surface area contributed by atoms with Gasteiger partial charge in [0, 0.05) is 23.5 Å². The number of imidazole rings is 1. The Morgan fingerprint density at radius 3 is 2.44 bits per heavy atom. The van der Waals surface area contributed by atoms with Crippen LogP contribution < -0.4 is 10.6 Å². The molecule has 0 aliphatic rings. The van der Waals surface area contributed by atoms with Gasteiger partial charge in [0.1, 0.15) is 6.04 Å². The van der Waals surface area contributed by atoms with Gasteiger partial charge in [-0.05, 0) is 16.8 Å². The molecule has 32 heavy (non-hydrogen) atoms. The molecule has 0 saturated carbocycles. The average Bonchev–Trinajstić information content (AvgIpc) is 3.35. The number of ketones is 1. The fraction of sp³-hybridized carbons (Fsp3) is 0.120. The summed E-state index contributed by atoms with van der Waals surface area (Å²) in [6.45, 7) is -0.0126. The summed E-state index contributed by atoms with van der Waals surface area (Å²) < 4.78 is 1.72. The Morgan fingerprint density at radius 1 is 0.906 bits per heavy atom. The number of fused-ring (bicyclic) bond motifs is 1. The second-order valence-corrected chi connectivity index (χ2v) is 7.32. The van der Waals surface area contributed by atoms with Crippen LogP contribution in [0.15, 0.2) is 91.5 Å². The third-order valence-corrected chi connectivity index (χ3v) is 5.11. The number of rotatable bonds is 8. The van der Waals surface area contributed by atoms with Gasteiger partial charge in [0.15, 0.2) is 5.78 Å². The highest BCUT2D eigenvalue weighted by atomic mass is 16.2. The van der Waals surface area contributed by atoms with E-state index in [2.05, 4.69) is 15.6 Å². The maximum absolute atomic E-state index is 13.0. The third-order valence-electron chi connectivity index (χ3n) is 5.11. The molecule has 0 radical (unpaired) electrons. The molecule has 0 aliphatic heterocycles. The van der Waals surface area contributed by atoms with E-state index in [1.165, 1.54) is 0 Å². The Kier molecular flexibility index (Phi) is 6.36. The molecule has 3 aromatic carbocycles. The lowest BCUT2D eigenvalue weighted by molar-refractivity contribution is -0.120. The van der Waals surface area contributed by atoms with E-state index in [1.807, 2.05) is 36.4 Å². The number of carbonyl (C=O) groups is 3. The van der Waals surface area contributed by atoms with Gasteiger partial charge < -0.3 is 15.2 Å². The lowest BCUT2D eigenvalue weighted by Crippen LogP contribution is -2.47. The SMILES string of the molecule is O=C(CNC(=O)c1cccc2ccccc12)NC(Cn1ccnc1)C(=O)c1ccccc1. The number of aromatic nitrogens is 2. The fourth-order valence-electron chi connectivity index (χ4n) is 3.53. The number of amides is 2. The lowest BCUT2D eigenvalue weighted by Gasteiger charge is -2.18. The molecule has 0 aliphatic carbocycles. The zero-order valence-corrected chi connectivity index (χ0v) is 17.3. The van der Waals surface area contributed by atoms with E-state index in [1.54, 1.807) is 59.7 Å². The molecule has 0 spiro atoms. The van der Waals surface area contributed by atoms with Gasteiger partial charge in [-0.2, -0.15) is 0 Å². The molecule has 1 aromatic heterocycles. The summed E-state index contributed by atoms with van der Waals surface area (Å²) in [5.74, 6) is -1.02. The third kappa shape index (κ3) is 4.89. The van der Waals surface area contributed by atoms with Crippen LogP contribution in [-0.2, 0) is 11.3 Å². The summed E-state index contributed by atoms with van der Waals surface area (Å²) in [6.07, 6.45) is 4.91. The van der Waals surface area contributed by atoms with E-state index >= 15 is 0 Å². The van der Waals surface area contributed by atoms with Crippen LogP contribution in [0.5, 0.6) is 0 Å². The number of nitrogens with zero attached hydrogens (tertiary/aromatic N) is 2. The van der Waals surface area contributed by atoms with E-state index in [4.69, 9.17) is 0 Å². The van der Waals surface area contributed by atoms with Gasteiger partial charge >= 0.3 is 0 Å². The number of nitrogens with one attached hydrogen (secondary N) is 2. The summed E-state index contributed by atoms with van der Waals surface area (Å²) in [5, 5.41) is 7.15. The molecule has 4 rings (SSSR count). The van der Waals surface area contributed by atoms with Crippen LogP contribution >= 0.6 is 0 Å². The summed E-state index contributed by atoms with van der Waals surface area (Å²) in [5.41, 5.74) is 0.990. The first kappa shape index (κ1) is 21.0. The van der Waals surface area contributed by atoms with Gasteiger partial charge in [-0.3, -0.25) is 14.4 Å². The molecular weight excluding hydrogens is 404 g/mol. The number of hydrogen-bond donors (Lipinski definition) is 2. The zero-order chi connectivity index (χ0) is 22.3. The second-order valence-electron chi connectivity index (χ2n) is 7.32. The Bertz CT molecular complexity index is 1230. The van der Waals surface area contributed by atoms with E-state index in [0.717, 1.165) is 10.8 Å². The van der Waals surface area contributed by atoms with Gasteiger partial charge in [0.05, 0.1) is 19.4 Å². The maximum atomic E-state index is 13.0. The summed E-state index contributed by atoms with van der Waals surface area (Å²) in [4.78, 5) is 42.3. The standard InChI is InChI=1S/C25H22N4O3/c30-23(15-27-25(32)21-12-6-10-18-7-4-5-11-20(18)21)28-22(16-29-14-13-26-17-29)24(31)19-8-2-1-3-9-19/h1-14,17,22H,15-16H2,(H,27,32)(H,28,30). The van der Waals surface area contributed by atoms with Crippen LogP contribution in [0, 0.1) is 0 Å². The maximum Gasteiger partial charge on any atom is 0.252 e. The summed E-state index contributed by atoms with van der Waals surface area (Å²) >= 11 is 0. The minimum absolute atomic E-state index is 0.215. The Labute approximate surface area is 185 Å². The number of hydrogen-bond acceptors (Lipinski definition) is 4. The Balaban J connectivity index is 1.43. The highest BCUT2D eigenvalue weighted by Gasteiger charge is 2.23. The Morgan fingerprint density at radius 2 is 1.66 bits per heavy atom. The smallest absolute Gasteiger partial charge is 0.252 e. The minimum atomic E-state index is -0.798. The first-order valence-electron chi connectivity index (χ1n) is 10.2. The molecule has 4 aromatic rings. The van der Waals surface area contributed by atoms with Crippen molar-refractivity contribution >= 4 is 28.4 Å². The van der Waals surface area contributed by atoms with E-state index in [9.17, 15) is 14.4 Å². The first-order valence-corrected chi connectivity index (χ1v) is 10.2. The summed E-state index contributed by atoms with van der Waals surface area (Å²) in [6, 6.07) is 21.0. The van der Waals surface area contributed by atoms with Crippen molar-refractivity contribution in [1.29, 1.82) is 0 Å². The molecule has 2 amide bonds.